The summed E-state index contributed by atoms with van der Waals surface area (Å²) in [5.41, 5.74) is 0.694. The molecule has 0 unspecified atom stereocenters. The van der Waals surface area contributed by atoms with Gasteiger partial charge in [-0.05, 0) is 26.2 Å². The Balaban J connectivity index is 3.27. The second-order valence-corrected chi connectivity index (χ2v) is 2.62. The number of carbonyl (C=O) groups is 1. The Labute approximate surface area is 72.2 Å². The van der Waals surface area contributed by atoms with Crippen molar-refractivity contribution >= 4 is 11.7 Å². The molecule has 0 aliphatic heterocycles. The highest BCUT2D eigenvalue weighted by molar-refractivity contribution is 5.81. The first-order chi connectivity index (χ1) is 5.70. The van der Waals surface area contributed by atoms with Crippen molar-refractivity contribution in [2.75, 3.05) is 7.11 Å². The molecule has 0 atom stereocenters. The van der Waals surface area contributed by atoms with Gasteiger partial charge in [-0.15, -0.1) is 0 Å². The van der Waals surface area contributed by atoms with Crippen LogP contribution in [0.15, 0.2) is 5.16 Å². The molecule has 0 aliphatic rings. The molecule has 0 amide bonds. The Morgan fingerprint density at radius 1 is 1.42 bits per heavy atom. The first kappa shape index (κ1) is 10.9. The fraction of sp³-hybridized carbons (Fsp3) is 0.750. The van der Waals surface area contributed by atoms with E-state index in [2.05, 4.69) is 9.89 Å². The molecule has 4 heteroatoms. The van der Waals surface area contributed by atoms with Crippen LogP contribution in [0.25, 0.3) is 0 Å². The minimum Gasteiger partial charge on any atom is -0.469 e. The number of rotatable bonds is 5. The van der Waals surface area contributed by atoms with E-state index in [9.17, 15) is 4.79 Å². The van der Waals surface area contributed by atoms with Crippen molar-refractivity contribution in [3.8, 4) is 0 Å². The Bertz CT molecular complexity index is 166. The van der Waals surface area contributed by atoms with E-state index in [-0.39, 0.29) is 5.97 Å². The molecule has 0 aromatic carbocycles. The zero-order valence-electron chi connectivity index (χ0n) is 7.54. The standard InChI is InChI=1S/C8H15NO3/c1-7(9-11)5-3-4-6-8(10)12-2/h11H,3-6H2,1-2H3/b9-7-. The first-order valence-corrected chi connectivity index (χ1v) is 3.95. The first-order valence-electron chi connectivity index (χ1n) is 3.95. The van der Waals surface area contributed by atoms with Gasteiger partial charge in [-0.1, -0.05) is 5.16 Å². The van der Waals surface area contributed by atoms with E-state index < -0.39 is 0 Å². The van der Waals surface area contributed by atoms with Crippen LogP contribution in [0.4, 0.5) is 0 Å². The third-order valence-electron chi connectivity index (χ3n) is 1.57. The highest BCUT2D eigenvalue weighted by Gasteiger charge is 1.99. The Morgan fingerprint density at radius 2 is 2.00 bits per heavy atom. The van der Waals surface area contributed by atoms with Crippen molar-refractivity contribution in [1.82, 2.24) is 0 Å². The van der Waals surface area contributed by atoms with Gasteiger partial charge < -0.3 is 9.94 Å². The largest absolute Gasteiger partial charge is 0.469 e. The van der Waals surface area contributed by atoms with E-state index in [0.717, 1.165) is 19.3 Å². The summed E-state index contributed by atoms with van der Waals surface area (Å²) in [7, 11) is 1.38. The minimum absolute atomic E-state index is 0.186. The molecule has 70 valence electrons. The summed E-state index contributed by atoms with van der Waals surface area (Å²) in [5, 5.41) is 11.3. The molecule has 0 heterocycles. The molecule has 4 nitrogen and oxygen atoms in total. The van der Waals surface area contributed by atoms with Crippen LogP contribution in [0, 0.1) is 0 Å². The second kappa shape index (κ2) is 6.64. The van der Waals surface area contributed by atoms with Crippen molar-refractivity contribution in [2.24, 2.45) is 5.16 Å². The molecule has 0 saturated carbocycles. The quantitative estimate of drug-likeness (QED) is 0.226. The molecule has 0 rings (SSSR count). The van der Waals surface area contributed by atoms with Crippen LogP contribution in [-0.2, 0) is 9.53 Å². The van der Waals surface area contributed by atoms with Gasteiger partial charge >= 0.3 is 5.97 Å². The van der Waals surface area contributed by atoms with Crippen molar-refractivity contribution in [3.05, 3.63) is 0 Å². The molecule has 0 radical (unpaired) electrons. The topological polar surface area (TPSA) is 58.9 Å². The SMILES string of the molecule is COC(=O)CCCC/C(C)=N\O. The molecular formula is C8H15NO3. The van der Waals surface area contributed by atoms with Crippen LogP contribution in [-0.4, -0.2) is 24.0 Å². The smallest absolute Gasteiger partial charge is 0.305 e. The van der Waals surface area contributed by atoms with E-state index in [0.29, 0.717) is 12.1 Å². The summed E-state index contributed by atoms with van der Waals surface area (Å²) in [4.78, 5) is 10.6. The minimum atomic E-state index is -0.186. The van der Waals surface area contributed by atoms with Gasteiger partial charge in [0.1, 0.15) is 0 Å². The fourth-order valence-corrected chi connectivity index (χ4v) is 0.802. The average Bonchev–Trinajstić information content (AvgIpc) is 2.11. The third kappa shape index (κ3) is 5.70. The normalized spacial score (nSPS) is 11.3. The van der Waals surface area contributed by atoms with E-state index in [1.807, 2.05) is 0 Å². The molecule has 0 saturated heterocycles. The van der Waals surface area contributed by atoms with Crippen LogP contribution in [0.2, 0.25) is 0 Å². The summed E-state index contributed by atoms with van der Waals surface area (Å²) < 4.78 is 4.47. The number of ether oxygens (including phenoxy) is 1. The molecule has 12 heavy (non-hydrogen) atoms. The highest BCUT2D eigenvalue weighted by Crippen LogP contribution is 2.01. The van der Waals surface area contributed by atoms with Gasteiger partial charge in [-0.2, -0.15) is 0 Å². The van der Waals surface area contributed by atoms with Gasteiger partial charge in [0, 0.05) is 6.42 Å². The molecule has 0 aromatic heterocycles. The Morgan fingerprint density at radius 3 is 2.50 bits per heavy atom. The predicted molar refractivity (Wildman–Crippen MR) is 45.4 cm³/mol. The highest BCUT2D eigenvalue weighted by atomic mass is 16.5. The maximum absolute atomic E-state index is 10.6. The van der Waals surface area contributed by atoms with Crippen LogP contribution in [0.3, 0.4) is 0 Å². The van der Waals surface area contributed by atoms with E-state index >= 15 is 0 Å². The van der Waals surface area contributed by atoms with E-state index in [1.165, 1.54) is 7.11 Å². The summed E-state index contributed by atoms with van der Waals surface area (Å²) in [6.07, 6.45) is 2.80. The number of hydrogen-bond acceptors (Lipinski definition) is 4. The lowest BCUT2D eigenvalue weighted by atomic mass is 10.1. The Hall–Kier alpha value is -1.06. The lowest BCUT2D eigenvalue weighted by Crippen LogP contribution is -2.00. The van der Waals surface area contributed by atoms with Crippen LogP contribution in [0.1, 0.15) is 32.6 Å². The molecule has 0 aromatic rings. The maximum Gasteiger partial charge on any atom is 0.305 e. The maximum atomic E-state index is 10.6. The Kier molecular flexibility index (Phi) is 6.05. The van der Waals surface area contributed by atoms with Crippen LogP contribution in [0.5, 0.6) is 0 Å². The van der Waals surface area contributed by atoms with Crippen molar-refractivity contribution in [1.29, 1.82) is 0 Å². The van der Waals surface area contributed by atoms with Crippen molar-refractivity contribution in [2.45, 2.75) is 32.6 Å². The molecule has 1 N–H and O–H groups in total. The monoisotopic (exact) mass is 173 g/mol. The molecule has 0 aliphatic carbocycles. The second-order valence-electron chi connectivity index (χ2n) is 2.62. The molecule has 0 bridgehead atoms. The summed E-state index contributed by atoms with van der Waals surface area (Å²) in [5.74, 6) is -0.186. The zero-order chi connectivity index (χ0) is 9.40. The summed E-state index contributed by atoms with van der Waals surface area (Å²) in [6, 6.07) is 0. The fourth-order valence-electron chi connectivity index (χ4n) is 0.802. The van der Waals surface area contributed by atoms with Gasteiger partial charge in [-0.25, -0.2) is 0 Å². The van der Waals surface area contributed by atoms with Crippen LogP contribution < -0.4 is 0 Å². The number of nitrogens with zero attached hydrogens (tertiary/aromatic N) is 1. The number of hydrogen-bond donors (Lipinski definition) is 1. The van der Waals surface area contributed by atoms with Gasteiger partial charge in [0.25, 0.3) is 0 Å². The third-order valence-corrected chi connectivity index (χ3v) is 1.57. The number of oxime groups is 1. The predicted octanol–water partition coefficient (Wildman–Crippen LogP) is 1.57. The number of methoxy groups -OCH3 is 1. The van der Waals surface area contributed by atoms with Gasteiger partial charge in [-0.3, -0.25) is 4.79 Å². The lowest BCUT2D eigenvalue weighted by Gasteiger charge is -1.98. The van der Waals surface area contributed by atoms with E-state index in [4.69, 9.17) is 5.21 Å². The van der Waals surface area contributed by atoms with Crippen molar-refractivity contribution < 1.29 is 14.7 Å². The number of unbranched alkanes of at least 4 members (excludes halogenated alkanes) is 1. The van der Waals surface area contributed by atoms with E-state index in [1.54, 1.807) is 6.92 Å². The number of esters is 1. The summed E-state index contributed by atoms with van der Waals surface area (Å²) >= 11 is 0. The summed E-state index contributed by atoms with van der Waals surface area (Å²) in [6.45, 7) is 1.75. The molecule has 0 spiro atoms. The lowest BCUT2D eigenvalue weighted by molar-refractivity contribution is -0.140. The van der Waals surface area contributed by atoms with Crippen LogP contribution >= 0.6 is 0 Å². The van der Waals surface area contributed by atoms with Gasteiger partial charge in [0.05, 0.1) is 12.8 Å². The molecular weight excluding hydrogens is 158 g/mol. The zero-order valence-corrected chi connectivity index (χ0v) is 7.54. The number of carbonyl (C=O) groups excluding carboxylic acids is 1. The average molecular weight is 173 g/mol. The van der Waals surface area contributed by atoms with Crippen molar-refractivity contribution in [3.63, 3.8) is 0 Å². The molecule has 0 fully saturated rings. The van der Waals surface area contributed by atoms with Gasteiger partial charge in [0.2, 0.25) is 0 Å². The van der Waals surface area contributed by atoms with Gasteiger partial charge in [0.15, 0.2) is 0 Å².